The van der Waals surface area contributed by atoms with Crippen molar-refractivity contribution in [2.24, 2.45) is 5.92 Å². The number of hydrogen-bond donors (Lipinski definition) is 3. The molecule has 2 unspecified atom stereocenters. The van der Waals surface area contributed by atoms with E-state index in [0.29, 0.717) is 54.4 Å². The Hall–Kier alpha value is -3.49. The Bertz CT molecular complexity index is 1350. The fraction of sp³-hybridized carbons (Fsp3) is 0.440. The molecule has 3 heterocycles. The van der Waals surface area contributed by atoms with Gasteiger partial charge in [-0.1, -0.05) is 25.1 Å². The Morgan fingerprint density at radius 2 is 2.17 bits per heavy atom. The molecule has 0 aliphatic carbocycles. The normalized spacial score (nSPS) is 19.1. The first-order valence-electron chi connectivity index (χ1n) is 12.1. The van der Waals surface area contributed by atoms with Crippen LogP contribution in [0.5, 0.6) is 0 Å². The van der Waals surface area contributed by atoms with Crippen LogP contribution in [0.25, 0.3) is 10.9 Å². The minimum Gasteiger partial charge on any atom is -0.356 e. The molecule has 4 rings (SSSR count). The number of piperidine rings is 1. The molecule has 3 aromatic rings. The number of benzene rings is 1. The number of aromatic nitrogens is 3. The van der Waals surface area contributed by atoms with Gasteiger partial charge in [0.2, 0.25) is 15.9 Å². The van der Waals surface area contributed by atoms with E-state index in [1.165, 1.54) is 11.0 Å². The van der Waals surface area contributed by atoms with Gasteiger partial charge in [-0.15, -0.1) is 0 Å². The third-order valence-corrected chi connectivity index (χ3v) is 7.97. The van der Waals surface area contributed by atoms with Gasteiger partial charge in [-0.05, 0) is 50.7 Å². The minimum absolute atomic E-state index is 0.0271. The predicted molar refractivity (Wildman–Crippen MR) is 136 cm³/mol. The molecular formula is C25H31N7O3S. The third kappa shape index (κ3) is 5.83. The molecule has 1 fully saturated rings. The number of aromatic amines is 1. The molecule has 11 heteroatoms. The largest absolute Gasteiger partial charge is 0.356 e. The molecule has 1 amide bonds. The second-order valence-electron chi connectivity index (χ2n) is 9.27. The van der Waals surface area contributed by atoms with E-state index in [4.69, 9.17) is 0 Å². The Labute approximate surface area is 211 Å². The monoisotopic (exact) mass is 509 g/mol. The number of nitrogens with one attached hydrogen (secondary N) is 3. The van der Waals surface area contributed by atoms with Crippen molar-refractivity contribution in [3.8, 4) is 6.07 Å². The number of sulfonamides is 1. The van der Waals surface area contributed by atoms with E-state index in [9.17, 15) is 18.5 Å². The number of carbonyl (C=O) groups is 1. The van der Waals surface area contributed by atoms with Gasteiger partial charge in [0, 0.05) is 36.6 Å². The highest BCUT2D eigenvalue weighted by molar-refractivity contribution is 7.89. The number of nitriles is 1. The number of anilines is 1. The summed E-state index contributed by atoms with van der Waals surface area (Å²) in [6, 6.07) is 9.25. The molecule has 1 aliphatic rings. The molecule has 2 aromatic heterocycles. The minimum atomic E-state index is -4.08. The summed E-state index contributed by atoms with van der Waals surface area (Å²) in [5.74, 6) is 0.556. The molecule has 0 spiro atoms. The van der Waals surface area contributed by atoms with Crippen molar-refractivity contribution >= 4 is 32.8 Å². The van der Waals surface area contributed by atoms with E-state index >= 15 is 0 Å². The van der Waals surface area contributed by atoms with E-state index in [0.717, 1.165) is 6.42 Å². The quantitative estimate of drug-likeness (QED) is 0.376. The number of fused-ring (bicyclic) bond motifs is 1. The Morgan fingerprint density at radius 1 is 1.33 bits per heavy atom. The molecule has 1 aliphatic heterocycles. The van der Waals surface area contributed by atoms with Crippen LogP contribution in [-0.4, -0.2) is 59.4 Å². The fourth-order valence-corrected chi connectivity index (χ4v) is 5.92. The lowest BCUT2D eigenvalue weighted by atomic mass is 9.92. The van der Waals surface area contributed by atoms with Crippen molar-refractivity contribution in [1.82, 2.24) is 24.6 Å². The maximum absolute atomic E-state index is 13.6. The van der Waals surface area contributed by atoms with Crippen molar-refractivity contribution in [3.63, 3.8) is 0 Å². The van der Waals surface area contributed by atoms with Gasteiger partial charge in [-0.2, -0.15) is 9.98 Å². The molecule has 1 aromatic carbocycles. The molecule has 1 saturated heterocycles. The molecule has 3 atom stereocenters. The molecule has 190 valence electrons. The number of pyridine rings is 1. The molecule has 3 N–H and O–H groups in total. The summed E-state index contributed by atoms with van der Waals surface area (Å²) in [6.07, 6.45) is 5.44. The Morgan fingerprint density at radius 3 is 2.92 bits per heavy atom. The number of carbonyl (C=O) groups excluding carboxylic acids is 1. The molecular weight excluding hydrogens is 478 g/mol. The summed E-state index contributed by atoms with van der Waals surface area (Å²) in [7, 11) is -4.08. The molecule has 0 bridgehead atoms. The van der Waals surface area contributed by atoms with Crippen molar-refractivity contribution in [2.75, 3.05) is 18.4 Å². The second-order valence-corrected chi connectivity index (χ2v) is 10.9. The summed E-state index contributed by atoms with van der Waals surface area (Å²) in [5, 5.41) is 13.5. The number of hydrogen-bond acceptors (Lipinski definition) is 7. The van der Waals surface area contributed by atoms with Crippen LogP contribution in [0.4, 0.5) is 5.95 Å². The van der Waals surface area contributed by atoms with Crippen LogP contribution >= 0.6 is 0 Å². The highest BCUT2D eigenvalue weighted by Crippen LogP contribution is 2.25. The number of likely N-dealkylation sites (tertiary alicyclic amines) is 1. The van der Waals surface area contributed by atoms with E-state index in [-0.39, 0.29) is 17.2 Å². The first-order chi connectivity index (χ1) is 17.3. The van der Waals surface area contributed by atoms with Crippen molar-refractivity contribution in [3.05, 3.63) is 48.4 Å². The number of amides is 1. The maximum Gasteiger partial charge on any atom is 0.243 e. The maximum atomic E-state index is 13.6. The summed E-state index contributed by atoms with van der Waals surface area (Å²) < 4.78 is 29.8. The number of aryl methyl sites for hydroxylation is 1. The SMILES string of the molecule is Cc1ccc2cccc(S(=O)(=O)N[C@@H](CCCNc3ncc[nH]3)C(=O)N3CCC(C)CC3C#N)c2n1. The van der Waals surface area contributed by atoms with Gasteiger partial charge >= 0.3 is 0 Å². The lowest BCUT2D eigenvalue weighted by molar-refractivity contribution is -0.136. The van der Waals surface area contributed by atoms with Gasteiger partial charge in [-0.3, -0.25) is 9.78 Å². The van der Waals surface area contributed by atoms with Crippen LogP contribution in [0.15, 0.2) is 47.6 Å². The van der Waals surface area contributed by atoms with Crippen LogP contribution in [-0.2, 0) is 14.8 Å². The third-order valence-electron chi connectivity index (χ3n) is 6.46. The lowest BCUT2D eigenvalue weighted by Crippen LogP contribution is -2.54. The van der Waals surface area contributed by atoms with Gasteiger partial charge in [0.25, 0.3) is 0 Å². The average molecular weight is 510 g/mol. The van der Waals surface area contributed by atoms with Gasteiger partial charge < -0.3 is 15.2 Å². The molecule has 36 heavy (non-hydrogen) atoms. The van der Waals surface area contributed by atoms with E-state index < -0.39 is 22.1 Å². The zero-order valence-corrected chi connectivity index (χ0v) is 21.3. The second kappa shape index (κ2) is 11.1. The fourth-order valence-electron chi connectivity index (χ4n) is 4.52. The van der Waals surface area contributed by atoms with Crippen LogP contribution < -0.4 is 10.0 Å². The van der Waals surface area contributed by atoms with Crippen LogP contribution in [0, 0.1) is 24.2 Å². The average Bonchev–Trinajstić information content (AvgIpc) is 3.38. The number of nitrogens with zero attached hydrogens (tertiary/aromatic N) is 4. The zero-order valence-electron chi connectivity index (χ0n) is 20.4. The summed E-state index contributed by atoms with van der Waals surface area (Å²) in [6.45, 7) is 4.78. The van der Waals surface area contributed by atoms with Crippen LogP contribution in [0.2, 0.25) is 0 Å². The predicted octanol–water partition coefficient (Wildman–Crippen LogP) is 2.96. The zero-order chi connectivity index (χ0) is 25.7. The first-order valence-corrected chi connectivity index (χ1v) is 13.6. The number of rotatable bonds is 9. The van der Waals surface area contributed by atoms with Gasteiger partial charge in [-0.25, -0.2) is 13.4 Å². The van der Waals surface area contributed by atoms with Gasteiger partial charge in [0.15, 0.2) is 5.95 Å². The molecule has 0 saturated carbocycles. The Kier molecular flexibility index (Phi) is 7.86. The van der Waals surface area contributed by atoms with E-state index in [1.54, 1.807) is 31.5 Å². The topological polar surface area (TPSA) is 144 Å². The van der Waals surface area contributed by atoms with Crippen LogP contribution in [0.1, 0.15) is 38.3 Å². The summed E-state index contributed by atoms with van der Waals surface area (Å²) in [5.41, 5.74) is 1.05. The Balaban J connectivity index is 1.58. The van der Waals surface area contributed by atoms with Crippen molar-refractivity contribution in [2.45, 2.75) is 56.5 Å². The number of H-pyrrole nitrogens is 1. The highest BCUT2D eigenvalue weighted by atomic mass is 32.2. The summed E-state index contributed by atoms with van der Waals surface area (Å²) in [4.78, 5) is 26.7. The van der Waals surface area contributed by atoms with Crippen molar-refractivity contribution < 1.29 is 13.2 Å². The first kappa shape index (κ1) is 25.6. The van der Waals surface area contributed by atoms with Crippen molar-refractivity contribution in [1.29, 1.82) is 5.26 Å². The van der Waals surface area contributed by atoms with Crippen LogP contribution in [0.3, 0.4) is 0 Å². The van der Waals surface area contributed by atoms with E-state index in [1.807, 2.05) is 12.1 Å². The molecule has 10 nitrogen and oxygen atoms in total. The van der Waals surface area contributed by atoms with Gasteiger partial charge in [0.1, 0.15) is 17.0 Å². The summed E-state index contributed by atoms with van der Waals surface area (Å²) >= 11 is 0. The standard InChI is InChI=1S/C25H31N7O3S/c1-17-10-14-32(20(15-17)16-26)24(33)21(6-4-11-27-25-28-12-13-29-25)31-36(34,35)22-7-3-5-19-9-8-18(2)30-23(19)22/h3,5,7-9,12-13,17,20-21,31H,4,6,10-11,14-15H2,1-2H3,(H2,27,28,29)/t17?,20?,21-/m0/s1. The smallest absolute Gasteiger partial charge is 0.243 e. The lowest BCUT2D eigenvalue weighted by Gasteiger charge is -2.36. The van der Waals surface area contributed by atoms with Gasteiger partial charge in [0.05, 0.1) is 11.6 Å². The van der Waals surface area contributed by atoms with E-state index in [2.05, 4.69) is 38.0 Å². The number of para-hydroxylation sites is 1. The highest BCUT2D eigenvalue weighted by Gasteiger charge is 2.36. The number of imidazole rings is 1. The molecule has 0 radical (unpaired) electrons.